The summed E-state index contributed by atoms with van der Waals surface area (Å²) in [6.07, 6.45) is 0. The van der Waals surface area contributed by atoms with Gasteiger partial charge in [0.2, 0.25) is 0 Å². The topological polar surface area (TPSA) is 67.0 Å². The fourth-order valence-electron chi connectivity index (χ4n) is 0. The van der Waals surface area contributed by atoms with E-state index in [1.807, 2.05) is 0 Å². The summed E-state index contributed by atoms with van der Waals surface area (Å²) in [4.78, 5) is 0. The first-order valence-corrected chi connectivity index (χ1v) is 0.940. The number of hydrogen-bond acceptors (Lipinski definition) is 0. The molecule has 0 atom stereocenters. The molecule has 0 heterocycles. The quantitative estimate of drug-likeness (QED) is 0.455. The molecular weight excluding hydrogens is 130 g/mol. The minimum Gasteiger partial charge on any atom is -0.693 e. The number of halogens is 2. The molecule has 0 saturated heterocycles. The van der Waals surface area contributed by atoms with E-state index in [0.717, 1.165) is 0 Å². The minimum absolute atomic E-state index is 0. The fraction of sp³-hybridized carbons (Fsp3) is 0. The van der Waals surface area contributed by atoms with Gasteiger partial charge in [0.1, 0.15) is 0 Å². The Labute approximate surface area is 36.2 Å². The zero-order valence-electron chi connectivity index (χ0n) is 2.21. The molecule has 0 amide bonds. The molecule has 0 aromatic rings. The molecule has 0 aliphatic carbocycles. The summed E-state index contributed by atoms with van der Waals surface area (Å²) in [6, 6.07) is 0. The molecule has 41 valence electrons. The standard InChI is InChI=1S/Cu.2FH.2H2N/h;2*1H;2*1H2/q+2;;;2*-1/p-2. The molecule has 4 N–H and O–H groups in total. The van der Waals surface area contributed by atoms with Crippen molar-refractivity contribution in [3.8, 4) is 0 Å². The van der Waals surface area contributed by atoms with E-state index in [0.29, 0.717) is 0 Å². The number of rotatable bonds is 0. The van der Waals surface area contributed by atoms with Crippen LogP contribution in [0, 0.1) is 0 Å². The zero-order valence-corrected chi connectivity index (χ0v) is 3.15. The van der Waals surface area contributed by atoms with Crippen LogP contribution in [0.1, 0.15) is 0 Å². The van der Waals surface area contributed by atoms with E-state index in [-0.39, 0.29) is 12.3 Å². The maximum absolute atomic E-state index is 9.53. The smallest absolute Gasteiger partial charge is 0.693 e. The second-order valence-corrected chi connectivity index (χ2v) is 0.178. The molecule has 0 spiro atoms. The van der Waals surface area contributed by atoms with Crippen molar-refractivity contribution in [2.45, 2.75) is 0 Å². The molecule has 5 heavy (non-hydrogen) atoms. The van der Waals surface area contributed by atoms with Gasteiger partial charge >= 0.3 is 23.0 Å². The molecule has 0 fully saturated rings. The molecule has 0 radical (unpaired) electrons. The summed E-state index contributed by atoms with van der Waals surface area (Å²) in [5, 5.41) is 0. The predicted molar refractivity (Wildman–Crippen MR) is 12.8 cm³/mol. The first-order chi connectivity index (χ1) is 1.41. The average Bonchev–Trinajstić information content (AvgIpc) is 0.918. The maximum Gasteiger partial charge on any atom is -0.693 e. The molecule has 0 aliphatic rings. The van der Waals surface area contributed by atoms with E-state index in [9.17, 15) is 7.10 Å². The SMILES string of the molecule is [F][Cu][F].[NH2-].[NH2-]. The van der Waals surface area contributed by atoms with Crippen molar-refractivity contribution >= 4 is 0 Å². The van der Waals surface area contributed by atoms with E-state index in [4.69, 9.17) is 0 Å². The second-order valence-electron chi connectivity index (χ2n) is 0.0431. The van der Waals surface area contributed by atoms with Crippen molar-refractivity contribution in [1.29, 1.82) is 0 Å². The van der Waals surface area contributed by atoms with Gasteiger partial charge in [0.05, 0.1) is 0 Å². The van der Waals surface area contributed by atoms with E-state index >= 15 is 0 Å². The molecule has 0 aromatic heterocycles. The monoisotopic (exact) mass is 133 g/mol. The minimum atomic E-state index is -1.19. The molecule has 0 aromatic carbocycles. The van der Waals surface area contributed by atoms with E-state index in [2.05, 4.69) is 0 Å². The normalized spacial score (nSPS) is 4.40. The van der Waals surface area contributed by atoms with Crippen molar-refractivity contribution in [3.05, 3.63) is 12.3 Å². The molecular formula is H4CuF2N2-2. The summed E-state index contributed by atoms with van der Waals surface area (Å²) in [5.41, 5.74) is 0. The fourth-order valence-corrected chi connectivity index (χ4v) is 0. The van der Waals surface area contributed by atoms with Crippen LogP contribution in [0.25, 0.3) is 12.3 Å². The number of nitrogens with two attached hydrogens (primary N) is 2. The molecule has 0 rings (SSSR count). The third-order valence-corrected chi connectivity index (χ3v) is 0. The maximum atomic E-state index is 9.53. The summed E-state index contributed by atoms with van der Waals surface area (Å²) in [7, 11) is 0. The van der Waals surface area contributed by atoms with Crippen LogP contribution in [-0.2, 0) is 15.9 Å². The van der Waals surface area contributed by atoms with Crippen LogP contribution in [0.2, 0.25) is 0 Å². The van der Waals surface area contributed by atoms with Gasteiger partial charge in [-0.3, -0.25) is 0 Å². The van der Waals surface area contributed by atoms with E-state index in [1.165, 1.54) is 0 Å². The van der Waals surface area contributed by atoms with Gasteiger partial charge < -0.3 is 12.3 Å². The molecule has 2 nitrogen and oxygen atoms in total. The summed E-state index contributed by atoms with van der Waals surface area (Å²) < 4.78 is 19.1. The Morgan fingerprint density at radius 3 is 1.00 bits per heavy atom. The second kappa shape index (κ2) is 27.7. The van der Waals surface area contributed by atoms with Crippen molar-refractivity contribution in [1.82, 2.24) is 0 Å². The average molecular weight is 134 g/mol. The van der Waals surface area contributed by atoms with Gasteiger partial charge in [-0.2, -0.15) is 0 Å². The van der Waals surface area contributed by atoms with Crippen molar-refractivity contribution in [3.63, 3.8) is 0 Å². The van der Waals surface area contributed by atoms with Crippen LogP contribution in [0.5, 0.6) is 0 Å². The van der Waals surface area contributed by atoms with Crippen LogP contribution < -0.4 is 0 Å². The van der Waals surface area contributed by atoms with Crippen LogP contribution in [0.15, 0.2) is 0 Å². The first-order valence-electron chi connectivity index (χ1n) is 0.228. The molecule has 0 unspecified atom stereocenters. The van der Waals surface area contributed by atoms with Gasteiger partial charge in [-0.25, -0.2) is 0 Å². The summed E-state index contributed by atoms with van der Waals surface area (Å²) in [6.45, 7) is 0. The molecule has 0 aliphatic heterocycles. The molecule has 0 bridgehead atoms. The van der Waals surface area contributed by atoms with Crippen LogP contribution >= 0.6 is 0 Å². The third kappa shape index (κ3) is 253. The van der Waals surface area contributed by atoms with Crippen LogP contribution in [-0.4, -0.2) is 0 Å². The summed E-state index contributed by atoms with van der Waals surface area (Å²) in [5.74, 6) is 0. The van der Waals surface area contributed by atoms with Crippen LogP contribution in [0.4, 0.5) is 7.10 Å². The van der Waals surface area contributed by atoms with Gasteiger partial charge in [-0.1, -0.05) is 0 Å². The van der Waals surface area contributed by atoms with Gasteiger partial charge in [0, 0.05) is 0 Å². The van der Waals surface area contributed by atoms with E-state index < -0.39 is 15.9 Å². The van der Waals surface area contributed by atoms with Gasteiger partial charge in [0.25, 0.3) is 0 Å². The molecule has 0 saturated carbocycles. The van der Waals surface area contributed by atoms with Gasteiger partial charge in [-0.05, 0) is 0 Å². The van der Waals surface area contributed by atoms with Crippen molar-refractivity contribution in [2.24, 2.45) is 0 Å². The zero-order chi connectivity index (χ0) is 2.71. The summed E-state index contributed by atoms with van der Waals surface area (Å²) >= 11 is -1.19. The van der Waals surface area contributed by atoms with E-state index in [1.54, 1.807) is 0 Å². The van der Waals surface area contributed by atoms with Gasteiger partial charge in [0.15, 0.2) is 0 Å². The Hall–Kier alpha value is 0.299. The predicted octanol–water partition coefficient (Wildman–Crippen LogP) is 2.27. The third-order valence-electron chi connectivity index (χ3n) is 0. The first kappa shape index (κ1) is 18.5. The number of hydrogen-bond donors (Lipinski definition) is 0. The largest absolute Gasteiger partial charge is 0.693 e. The Balaban J connectivity index is -0.0000000200. The van der Waals surface area contributed by atoms with Crippen LogP contribution in [0.3, 0.4) is 0 Å². The molecule has 5 heteroatoms. The van der Waals surface area contributed by atoms with Gasteiger partial charge in [-0.15, -0.1) is 0 Å². The van der Waals surface area contributed by atoms with Crippen molar-refractivity contribution in [2.75, 3.05) is 0 Å². The Morgan fingerprint density at radius 2 is 1.00 bits per heavy atom. The Kier molecular flexibility index (Phi) is 103. The Morgan fingerprint density at radius 1 is 1.00 bits per heavy atom. The van der Waals surface area contributed by atoms with Crippen molar-refractivity contribution < 1.29 is 23.0 Å². The Bertz CT molecular complexity index is 7.61.